The number of carboxylic acid groups (broad SMARTS) is 1. The lowest BCUT2D eigenvalue weighted by Crippen LogP contribution is -2.28. The van der Waals surface area contributed by atoms with Crippen LogP contribution in [0.5, 0.6) is 0 Å². The van der Waals surface area contributed by atoms with E-state index in [1.54, 1.807) is 0 Å². The molecule has 0 fully saturated rings. The smallest absolute Gasteiger partial charge is 0.353 e. The summed E-state index contributed by atoms with van der Waals surface area (Å²) in [7, 11) is 0. The summed E-state index contributed by atoms with van der Waals surface area (Å²) >= 11 is 5.64. The summed E-state index contributed by atoms with van der Waals surface area (Å²) < 4.78 is 13.1. The average Bonchev–Trinajstić information content (AvgIpc) is 2.76. The third kappa shape index (κ3) is 3.19. The molecule has 0 spiro atoms. The van der Waals surface area contributed by atoms with Gasteiger partial charge in [-0.3, -0.25) is 4.79 Å². The summed E-state index contributed by atoms with van der Waals surface area (Å²) in [5.74, 6) is -2.47. The molecule has 1 aliphatic heterocycles. The molecule has 0 saturated heterocycles. The van der Waals surface area contributed by atoms with E-state index in [0.29, 0.717) is 0 Å². The summed E-state index contributed by atoms with van der Waals surface area (Å²) in [6, 6.07) is 3.53. The summed E-state index contributed by atoms with van der Waals surface area (Å²) in [5.41, 5.74) is -0.0835. The third-order valence-corrected chi connectivity index (χ3v) is 2.56. The van der Waals surface area contributed by atoms with Crippen molar-refractivity contribution in [2.75, 3.05) is 5.32 Å². The van der Waals surface area contributed by atoms with E-state index in [1.165, 1.54) is 6.07 Å². The number of halogens is 2. The van der Waals surface area contributed by atoms with Gasteiger partial charge in [-0.15, -0.1) is 0 Å². The number of hydrogen-bond acceptors (Lipinski definition) is 4. The average molecular weight is 287 g/mol. The van der Waals surface area contributed by atoms with E-state index < -0.39 is 23.8 Å². The molecule has 0 aliphatic carbocycles. The van der Waals surface area contributed by atoms with E-state index >= 15 is 0 Å². The maximum absolute atomic E-state index is 13.1. The Bertz CT molecular complexity index is 556. The highest BCUT2D eigenvalue weighted by atomic mass is 35.5. The first-order valence-electron chi connectivity index (χ1n) is 5.18. The number of carbonyl (C=O) groups is 2. The van der Waals surface area contributed by atoms with Crippen LogP contribution in [0.4, 0.5) is 10.1 Å². The first-order valence-corrected chi connectivity index (χ1v) is 5.56. The second-order valence-electron chi connectivity index (χ2n) is 3.79. The minimum Gasteiger partial charge on any atom is -0.477 e. The van der Waals surface area contributed by atoms with Crippen LogP contribution in [0.1, 0.15) is 6.42 Å². The Labute approximate surface area is 111 Å². The van der Waals surface area contributed by atoms with Crippen molar-refractivity contribution < 1.29 is 23.9 Å². The summed E-state index contributed by atoms with van der Waals surface area (Å²) in [4.78, 5) is 27.0. The van der Waals surface area contributed by atoms with E-state index in [-0.39, 0.29) is 22.8 Å². The molecule has 0 saturated carbocycles. The Kier molecular flexibility index (Phi) is 3.66. The Morgan fingerprint density at radius 3 is 2.79 bits per heavy atom. The molecule has 1 heterocycles. The molecule has 0 aromatic heterocycles. The van der Waals surface area contributed by atoms with Gasteiger partial charge in [0.05, 0.1) is 0 Å². The van der Waals surface area contributed by atoms with Crippen LogP contribution in [0.15, 0.2) is 23.4 Å². The van der Waals surface area contributed by atoms with E-state index in [2.05, 4.69) is 15.3 Å². The van der Waals surface area contributed by atoms with E-state index in [0.717, 1.165) is 12.1 Å². The first kappa shape index (κ1) is 13.3. The van der Waals surface area contributed by atoms with Crippen molar-refractivity contribution in [3.8, 4) is 0 Å². The number of carbonyl (C=O) groups excluding carboxylic acids is 1. The number of anilines is 1. The highest BCUT2D eigenvalue weighted by molar-refractivity contribution is 6.36. The molecular weight excluding hydrogens is 279 g/mol. The Morgan fingerprint density at radius 2 is 2.21 bits per heavy atom. The molecule has 1 unspecified atom stereocenters. The van der Waals surface area contributed by atoms with Crippen LogP contribution in [-0.4, -0.2) is 28.8 Å². The monoisotopic (exact) mass is 286 g/mol. The van der Waals surface area contributed by atoms with Crippen molar-refractivity contribution in [3.05, 3.63) is 29.0 Å². The number of nitrogens with zero attached hydrogens (tertiary/aromatic N) is 1. The Morgan fingerprint density at radius 1 is 1.47 bits per heavy atom. The number of oxime groups is 1. The van der Waals surface area contributed by atoms with Gasteiger partial charge in [-0.1, -0.05) is 16.8 Å². The van der Waals surface area contributed by atoms with Crippen molar-refractivity contribution in [2.45, 2.75) is 12.5 Å². The van der Waals surface area contributed by atoms with Gasteiger partial charge in [-0.25, -0.2) is 9.18 Å². The number of rotatable bonds is 3. The third-order valence-electron chi connectivity index (χ3n) is 2.34. The number of carboxylic acids is 1. The topological polar surface area (TPSA) is 88.0 Å². The van der Waals surface area contributed by atoms with Gasteiger partial charge in [0.2, 0.25) is 6.10 Å². The lowest BCUT2D eigenvalue weighted by atomic mass is 10.1. The van der Waals surface area contributed by atoms with Crippen LogP contribution >= 0.6 is 11.6 Å². The van der Waals surface area contributed by atoms with Crippen LogP contribution in [0.2, 0.25) is 5.02 Å². The molecule has 2 N–H and O–H groups in total. The fraction of sp³-hybridized carbons (Fsp3) is 0.182. The van der Waals surface area contributed by atoms with Gasteiger partial charge in [0.1, 0.15) is 5.82 Å². The van der Waals surface area contributed by atoms with Crippen molar-refractivity contribution in [1.29, 1.82) is 0 Å². The van der Waals surface area contributed by atoms with Crippen LogP contribution in [0.25, 0.3) is 0 Å². The minimum atomic E-state index is -1.25. The van der Waals surface area contributed by atoms with Crippen molar-refractivity contribution >= 4 is 34.9 Å². The molecular formula is C11H8ClFN2O4. The molecule has 100 valence electrons. The predicted octanol–water partition coefficient (Wildman–Crippen LogP) is 1.65. The zero-order valence-corrected chi connectivity index (χ0v) is 10.1. The molecule has 1 aliphatic rings. The van der Waals surface area contributed by atoms with Gasteiger partial charge >= 0.3 is 5.97 Å². The fourth-order valence-electron chi connectivity index (χ4n) is 1.49. The SMILES string of the molecule is O=C(O)C1=NOC(C(=O)Nc2cc(F)cc(Cl)c2)C1. The maximum atomic E-state index is 13.1. The highest BCUT2D eigenvalue weighted by Gasteiger charge is 2.31. The van der Waals surface area contributed by atoms with E-state index in [9.17, 15) is 14.0 Å². The molecule has 1 aromatic rings. The number of benzene rings is 1. The summed E-state index contributed by atoms with van der Waals surface area (Å²) in [6.07, 6.45) is -1.20. The first-order chi connectivity index (χ1) is 8.95. The van der Waals surface area contributed by atoms with Crippen molar-refractivity contribution in [1.82, 2.24) is 0 Å². The molecule has 1 amide bonds. The fourth-order valence-corrected chi connectivity index (χ4v) is 1.71. The number of aliphatic carboxylic acids is 1. The predicted molar refractivity (Wildman–Crippen MR) is 64.6 cm³/mol. The quantitative estimate of drug-likeness (QED) is 0.884. The van der Waals surface area contributed by atoms with E-state index in [1.807, 2.05) is 0 Å². The standard InChI is InChI=1S/C11H8ClFN2O4/c12-5-1-6(13)3-7(2-5)14-10(16)9-4-8(11(17)18)15-19-9/h1-3,9H,4H2,(H,14,16)(H,17,18). The maximum Gasteiger partial charge on any atom is 0.353 e. The van der Waals surface area contributed by atoms with E-state index in [4.69, 9.17) is 16.7 Å². The van der Waals surface area contributed by atoms with Crippen molar-refractivity contribution in [2.24, 2.45) is 5.16 Å². The van der Waals surface area contributed by atoms with Gasteiger partial charge in [-0.05, 0) is 18.2 Å². The Hall–Kier alpha value is -2.15. The van der Waals surface area contributed by atoms with Crippen LogP contribution in [0.3, 0.4) is 0 Å². The molecule has 8 heteroatoms. The zero-order chi connectivity index (χ0) is 14.0. The van der Waals surface area contributed by atoms with Gasteiger partial charge in [0.25, 0.3) is 5.91 Å². The zero-order valence-electron chi connectivity index (χ0n) is 9.39. The van der Waals surface area contributed by atoms with Crippen LogP contribution in [0, 0.1) is 5.82 Å². The molecule has 1 atom stereocenters. The number of nitrogens with one attached hydrogen (secondary N) is 1. The minimum absolute atomic E-state index is 0.130. The molecule has 6 nitrogen and oxygen atoms in total. The number of amides is 1. The number of hydrogen-bond donors (Lipinski definition) is 2. The Balaban J connectivity index is 2.01. The van der Waals surface area contributed by atoms with Gasteiger partial charge in [0.15, 0.2) is 5.71 Å². The molecule has 0 bridgehead atoms. The van der Waals surface area contributed by atoms with Gasteiger partial charge < -0.3 is 15.3 Å². The molecule has 2 rings (SSSR count). The molecule has 1 aromatic carbocycles. The molecule has 0 radical (unpaired) electrons. The summed E-state index contributed by atoms with van der Waals surface area (Å²) in [5, 5.41) is 14.4. The lowest BCUT2D eigenvalue weighted by Gasteiger charge is -2.09. The largest absolute Gasteiger partial charge is 0.477 e. The highest BCUT2D eigenvalue weighted by Crippen LogP contribution is 2.19. The summed E-state index contributed by atoms with van der Waals surface area (Å²) in [6.45, 7) is 0. The normalized spacial score (nSPS) is 17.6. The van der Waals surface area contributed by atoms with Crippen LogP contribution < -0.4 is 5.32 Å². The van der Waals surface area contributed by atoms with Crippen molar-refractivity contribution in [3.63, 3.8) is 0 Å². The van der Waals surface area contributed by atoms with Gasteiger partial charge in [-0.2, -0.15) is 0 Å². The molecule has 19 heavy (non-hydrogen) atoms. The second kappa shape index (κ2) is 5.23. The van der Waals surface area contributed by atoms with Crippen LogP contribution in [-0.2, 0) is 14.4 Å². The second-order valence-corrected chi connectivity index (χ2v) is 4.23. The lowest BCUT2D eigenvalue weighted by molar-refractivity contribution is -0.129. The van der Waals surface area contributed by atoms with Gasteiger partial charge in [0, 0.05) is 17.1 Å².